The molecule has 2 amide bonds. The van der Waals surface area contributed by atoms with E-state index in [1.807, 2.05) is 55.5 Å². The Balaban J connectivity index is 1.53. The summed E-state index contributed by atoms with van der Waals surface area (Å²) in [5.74, 6) is 0.137. The molecule has 2 aromatic rings. The third-order valence-corrected chi connectivity index (χ3v) is 6.44. The summed E-state index contributed by atoms with van der Waals surface area (Å²) in [5.41, 5.74) is 3.55. The van der Waals surface area contributed by atoms with Crippen LogP contribution < -0.4 is 10.6 Å². The van der Waals surface area contributed by atoms with Crippen LogP contribution in [0.5, 0.6) is 0 Å². The summed E-state index contributed by atoms with van der Waals surface area (Å²) in [6, 6.07) is 15.3. The molecule has 0 saturated carbocycles. The Hall–Kier alpha value is -2.49. The van der Waals surface area contributed by atoms with Gasteiger partial charge in [-0.1, -0.05) is 43.3 Å². The molecule has 3 N–H and O–H groups in total. The molecule has 34 heavy (non-hydrogen) atoms. The SMILES string of the molecule is CCNC(=O)Nc1ccc([C@@H]2O[C@H](CN3CCOCC3)[C@H](C)[C@H](c3ccc(CO)cc3)O2)cc1. The quantitative estimate of drug-likeness (QED) is 0.575. The van der Waals surface area contributed by atoms with Crippen LogP contribution in [0, 0.1) is 5.92 Å². The molecular weight excluding hydrogens is 434 g/mol. The molecule has 0 aromatic heterocycles. The van der Waals surface area contributed by atoms with E-state index in [0.29, 0.717) is 12.2 Å². The molecule has 4 rings (SSSR count). The Morgan fingerprint density at radius 3 is 2.35 bits per heavy atom. The summed E-state index contributed by atoms with van der Waals surface area (Å²) >= 11 is 0. The highest BCUT2D eigenvalue weighted by molar-refractivity contribution is 5.89. The average Bonchev–Trinajstić information content (AvgIpc) is 2.87. The number of morpholine rings is 1. The van der Waals surface area contributed by atoms with E-state index in [9.17, 15) is 9.90 Å². The summed E-state index contributed by atoms with van der Waals surface area (Å²) in [4.78, 5) is 14.2. The number of ether oxygens (including phenoxy) is 3. The first-order valence-corrected chi connectivity index (χ1v) is 12.0. The summed E-state index contributed by atoms with van der Waals surface area (Å²) in [6.07, 6.45) is -0.693. The predicted molar refractivity (Wildman–Crippen MR) is 129 cm³/mol. The minimum Gasteiger partial charge on any atom is -0.392 e. The Morgan fingerprint density at radius 1 is 1.03 bits per heavy atom. The average molecular weight is 470 g/mol. The van der Waals surface area contributed by atoms with Gasteiger partial charge >= 0.3 is 6.03 Å². The van der Waals surface area contributed by atoms with Crippen molar-refractivity contribution in [2.45, 2.75) is 39.0 Å². The number of amides is 2. The number of carbonyl (C=O) groups is 1. The molecule has 8 heteroatoms. The lowest BCUT2D eigenvalue weighted by Crippen LogP contribution is -2.47. The van der Waals surface area contributed by atoms with E-state index in [2.05, 4.69) is 22.5 Å². The fourth-order valence-corrected chi connectivity index (χ4v) is 4.43. The largest absolute Gasteiger partial charge is 0.392 e. The monoisotopic (exact) mass is 469 g/mol. The van der Waals surface area contributed by atoms with Gasteiger partial charge in [0.1, 0.15) is 0 Å². The van der Waals surface area contributed by atoms with E-state index in [-0.39, 0.29) is 30.8 Å². The highest BCUT2D eigenvalue weighted by atomic mass is 16.7. The molecule has 8 nitrogen and oxygen atoms in total. The minimum absolute atomic E-state index is 0.0173. The van der Waals surface area contributed by atoms with Crippen LogP contribution in [0.15, 0.2) is 48.5 Å². The van der Waals surface area contributed by atoms with Gasteiger partial charge in [-0.15, -0.1) is 0 Å². The van der Waals surface area contributed by atoms with Gasteiger partial charge in [0.05, 0.1) is 32.0 Å². The zero-order valence-corrected chi connectivity index (χ0v) is 19.9. The maximum absolute atomic E-state index is 11.8. The van der Waals surface area contributed by atoms with Crippen LogP contribution in [0.2, 0.25) is 0 Å². The Morgan fingerprint density at radius 2 is 1.71 bits per heavy atom. The van der Waals surface area contributed by atoms with Crippen molar-refractivity contribution in [2.24, 2.45) is 5.92 Å². The maximum Gasteiger partial charge on any atom is 0.319 e. The summed E-state index contributed by atoms with van der Waals surface area (Å²) in [5, 5.41) is 15.0. The van der Waals surface area contributed by atoms with Gasteiger partial charge in [0.2, 0.25) is 0 Å². The van der Waals surface area contributed by atoms with Gasteiger partial charge in [-0.3, -0.25) is 4.90 Å². The van der Waals surface area contributed by atoms with E-state index < -0.39 is 6.29 Å². The molecule has 2 saturated heterocycles. The van der Waals surface area contributed by atoms with Gasteiger partial charge in [-0.25, -0.2) is 4.79 Å². The summed E-state index contributed by atoms with van der Waals surface area (Å²) in [6.45, 7) is 8.73. The zero-order valence-electron chi connectivity index (χ0n) is 19.9. The molecule has 4 atom stereocenters. The summed E-state index contributed by atoms with van der Waals surface area (Å²) in [7, 11) is 0. The second kappa shape index (κ2) is 11.8. The topological polar surface area (TPSA) is 92.3 Å². The van der Waals surface area contributed by atoms with Gasteiger partial charge in [0.15, 0.2) is 6.29 Å². The second-order valence-corrected chi connectivity index (χ2v) is 8.84. The fourth-order valence-electron chi connectivity index (χ4n) is 4.43. The molecule has 0 aliphatic carbocycles. The molecule has 184 valence electrons. The molecule has 0 bridgehead atoms. The number of hydrogen-bond donors (Lipinski definition) is 3. The summed E-state index contributed by atoms with van der Waals surface area (Å²) < 4.78 is 18.5. The molecule has 2 aliphatic rings. The lowest BCUT2D eigenvalue weighted by Gasteiger charge is -2.43. The van der Waals surface area contributed by atoms with Crippen LogP contribution in [0.4, 0.5) is 10.5 Å². The number of anilines is 1. The number of aliphatic hydroxyl groups excluding tert-OH is 1. The molecule has 2 heterocycles. The van der Waals surface area contributed by atoms with E-state index in [1.54, 1.807) is 0 Å². The third kappa shape index (κ3) is 6.14. The number of nitrogens with zero attached hydrogens (tertiary/aromatic N) is 1. The molecule has 0 unspecified atom stereocenters. The Bertz CT molecular complexity index is 915. The van der Waals surface area contributed by atoms with Crippen molar-refractivity contribution in [3.05, 3.63) is 65.2 Å². The minimum atomic E-state index is -0.525. The number of nitrogens with one attached hydrogen (secondary N) is 2. The van der Waals surface area contributed by atoms with E-state index >= 15 is 0 Å². The second-order valence-electron chi connectivity index (χ2n) is 8.84. The molecule has 2 aliphatic heterocycles. The Kier molecular flexibility index (Phi) is 8.53. The molecule has 0 radical (unpaired) electrons. The van der Waals surface area contributed by atoms with Gasteiger partial charge in [-0.2, -0.15) is 0 Å². The predicted octanol–water partition coefficient (Wildman–Crippen LogP) is 3.44. The van der Waals surface area contributed by atoms with Crippen molar-refractivity contribution in [1.29, 1.82) is 0 Å². The van der Waals surface area contributed by atoms with Gasteiger partial charge in [0.25, 0.3) is 0 Å². The lowest BCUT2D eigenvalue weighted by atomic mass is 9.90. The van der Waals surface area contributed by atoms with Crippen molar-refractivity contribution in [2.75, 3.05) is 44.7 Å². The van der Waals surface area contributed by atoms with Crippen LogP contribution in [0.1, 0.15) is 42.9 Å². The normalized spacial score (nSPS) is 25.6. The number of urea groups is 1. The Labute approximate surface area is 201 Å². The van der Waals surface area contributed by atoms with Crippen LogP contribution in [0.25, 0.3) is 0 Å². The fraction of sp³-hybridized carbons (Fsp3) is 0.500. The van der Waals surface area contributed by atoms with Crippen molar-refractivity contribution >= 4 is 11.7 Å². The van der Waals surface area contributed by atoms with Crippen molar-refractivity contribution in [3.63, 3.8) is 0 Å². The molecular formula is C26H35N3O5. The number of carbonyl (C=O) groups excluding carboxylic acids is 1. The maximum atomic E-state index is 11.8. The molecule has 2 aromatic carbocycles. The van der Waals surface area contributed by atoms with E-state index in [4.69, 9.17) is 14.2 Å². The standard InChI is InChI=1S/C26H35N3O5/c1-3-27-26(31)28-22-10-8-21(9-11-22)25-33-23(16-29-12-14-32-15-13-29)18(2)24(34-25)20-6-4-19(17-30)5-7-20/h4-11,18,23-25,30H,3,12-17H2,1-2H3,(H2,27,28,31)/t18-,23+,24+,25+/m0/s1. The number of rotatable bonds is 7. The smallest absolute Gasteiger partial charge is 0.319 e. The first-order valence-electron chi connectivity index (χ1n) is 12.0. The van der Waals surface area contributed by atoms with Crippen molar-refractivity contribution in [3.8, 4) is 0 Å². The van der Waals surface area contributed by atoms with Crippen LogP contribution in [-0.2, 0) is 20.8 Å². The van der Waals surface area contributed by atoms with Gasteiger partial charge in [-0.05, 0) is 30.2 Å². The lowest BCUT2D eigenvalue weighted by molar-refractivity contribution is -0.277. The van der Waals surface area contributed by atoms with Crippen LogP contribution in [0.3, 0.4) is 0 Å². The highest BCUT2D eigenvalue weighted by Gasteiger charge is 2.39. The van der Waals surface area contributed by atoms with Crippen LogP contribution >= 0.6 is 0 Å². The number of hydrogen-bond acceptors (Lipinski definition) is 6. The van der Waals surface area contributed by atoms with Crippen molar-refractivity contribution in [1.82, 2.24) is 10.2 Å². The van der Waals surface area contributed by atoms with E-state index in [0.717, 1.165) is 49.5 Å². The van der Waals surface area contributed by atoms with Crippen molar-refractivity contribution < 1.29 is 24.1 Å². The number of benzene rings is 2. The zero-order chi connectivity index (χ0) is 23.9. The first-order chi connectivity index (χ1) is 16.6. The van der Waals surface area contributed by atoms with Gasteiger partial charge < -0.3 is 30.0 Å². The van der Waals surface area contributed by atoms with Gasteiger partial charge in [0, 0.05) is 43.3 Å². The van der Waals surface area contributed by atoms with Crippen LogP contribution in [-0.4, -0.2) is 61.5 Å². The molecule has 2 fully saturated rings. The highest BCUT2D eigenvalue weighted by Crippen LogP contribution is 2.42. The first kappa shape index (κ1) is 24.6. The molecule has 0 spiro atoms. The third-order valence-electron chi connectivity index (χ3n) is 6.44. The van der Waals surface area contributed by atoms with E-state index in [1.165, 1.54) is 0 Å². The number of aliphatic hydroxyl groups is 1.